The van der Waals surface area contributed by atoms with Gasteiger partial charge >= 0.3 is 0 Å². The van der Waals surface area contributed by atoms with E-state index in [1.165, 1.54) is 0 Å². The number of carbonyl (C=O) groups is 1. The molecule has 0 saturated carbocycles. The van der Waals surface area contributed by atoms with Crippen molar-refractivity contribution in [2.45, 2.75) is 39.5 Å². The van der Waals surface area contributed by atoms with Gasteiger partial charge in [-0.05, 0) is 19.3 Å². The fourth-order valence-corrected chi connectivity index (χ4v) is 1.19. The highest BCUT2D eigenvalue weighted by Gasteiger charge is 2.09. The van der Waals surface area contributed by atoms with Crippen LogP contribution >= 0.6 is 0 Å². The Hall–Kier alpha value is -0.570. The van der Waals surface area contributed by atoms with Gasteiger partial charge in [0.05, 0.1) is 0 Å². The van der Waals surface area contributed by atoms with E-state index in [9.17, 15) is 4.79 Å². The predicted molar refractivity (Wildman–Crippen MR) is 53.4 cm³/mol. The molecule has 0 spiro atoms. The van der Waals surface area contributed by atoms with Crippen molar-refractivity contribution in [1.82, 2.24) is 5.32 Å². The zero-order chi connectivity index (χ0) is 10.1. The number of aliphatic hydroxyl groups excluding tert-OH is 1. The summed E-state index contributed by atoms with van der Waals surface area (Å²) >= 11 is 0. The Balaban J connectivity index is 3.38. The number of carbonyl (C=O) groups excluding carboxylic acids is 1. The van der Waals surface area contributed by atoms with Crippen molar-refractivity contribution in [2.24, 2.45) is 5.92 Å². The molecule has 0 aromatic heterocycles. The van der Waals surface area contributed by atoms with E-state index in [0.717, 1.165) is 25.7 Å². The minimum Gasteiger partial charge on any atom is -0.396 e. The van der Waals surface area contributed by atoms with Gasteiger partial charge in [0.1, 0.15) is 0 Å². The van der Waals surface area contributed by atoms with Crippen LogP contribution in [0.25, 0.3) is 0 Å². The summed E-state index contributed by atoms with van der Waals surface area (Å²) < 4.78 is 0. The number of amides is 1. The largest absolute Gasteiger partial charge is 0.396 e. The van der Waals surface area contributed by atoms with Crippen LogP contribution in [-0.4, -0.2) is 24.2 Å². The lowest BCUT2D eigenvalue weighted by molar-refractivity contribution is -0.124. The van der Waals surface area contributed by atoms with E-state index in [2.05, 4.69) is 12.2 Å². The van der Waals surface area contributed by atoms with Crippen LogP contribution in [0.15, 0.2) is 0 Å². The normalized spacial score (nSPS) is 12.5. The minimum atomic E-state index is 0.124. The Bertz CT molecular complexity index is 137. The fourth-order valence-electron chi connectivity index (χ4n) is 1.19. The van der Waals surface area contributed by atoms with Gasteiger partial charge in [-0.15, -0.1) is 0 Å². The van der Waals surface area contributed by atoms with E-state index < -0.39 is 0 Å². The first-order chi connectivity index (χ1) is 6.22. The Morgan fingerprint density at radius 1 is 1.46 bits per heavy atom. The number of rotatable bonds is 7. The molecule has 2 N–H and O–H groups in total. The lowest BCUT2D eigenvalue weighted by Gasteiger charge is -2.10. The summed E-state index contributed by atoms with van der Waals surface area (Å²) in [5, 5.41) is 11.4. The van der Waals surface area contributed by atoms with E-state index >= 15 is 0 Å². The first-order valence-electron chi connectivity index (χ1n) is 5.11. The third kappa shape index (κ3) is 6.58. The number of hydrogen-bond donors (Lipinski definition) is 2. The number of aliphatic hydroxyl groups is 1. The first kappa shape index (κ1) is 12.4. The minimum absolute atomic E-state index is 0.124. The van der Waals surface area contributed by atoms with Crippen molar-refractivity contribution in [3.8, 4) is 0 Å². The molecule has 78 valence electrons. The van der Waals surface area contributed by atoms with Gasteiger partial charge < -0.3 is 10.4 Å². The van der Waals surface area contributed by atoms with Crippen molar-refractivity contribution in [2.75, 3.05) is 13.2 Å². The SMILES string of the molecule is CCCC(C)C(=O)NCCCCO. The Morgan fingerprint density at radius 2 is 2.15 bits per heavy atom. The molecule has 0 aromatic carbocycles. The molecule has 1 amide bonds. The Morgan fingerprint density at radius 3 is 2.69 bits per heavy atom. The summed E-state index contributed by atoms with van der Waals surface area (Å²) in [5.74, 6) is 0.263. The summed E-state index contributed by atoms with van der Waals surface area (Å²) in [7, 11) is 0. The molecule has 0 radical (unpaired) electrons. The Labute approximate surface area is 80.5 Å². The predicted octanol–water partition coefficient (Wildman–Crippen LogP) is 1.31. The molecule has 3 heteroatoms. The summed E-state index contributed by atoms with van der Waals surface area (Å²) in [4.78, 5) is 11.3. The van der Waals surface area contributed by atoms with E-state index in [-0.39, 0.29) is 18.4 Å². The second kappa shape index (κ2) is 8.05. The molecule has 0 heterocycles. The molecule has 0 fully saturated rings. The van der Waals surface area contributed by atoms with Crippen LogP contribution in [0.2, 0.25) is 0 Å². The summed E-state index contributed by atoms with van der Waals surface area (Å²) in [6.45, 7) is 4.92. The molecule has 3 nitrogen and oxygen atoms in total. The average Bonchev–Trinajstić information content (AvgIpc) is 2.12. The van der Waals surface area contributed by atoms with Gasteiger partial charge in [-0.3, -0.25) is 4.79 Å². The molecular weight excluding hydrogens is 166 g/mol. The maximum atomic E-state index is 11.3. The lowest BCUT2D eigenvalue weighted by Crippen LogP contribution is -2.30. The topological polar surface area (TPSA) is 49.3 Å². The zero-order valence-electron chi connectivity index (χ0n) is 8.68. The molecule has 1 unspecified atom stereocenters. The van der Waals surface area contributed by atoms with E-state index in [4.69, 9.17) is 5.11 Å². The number of unbranched alkanes of at least 4 members (excludes halogenated alkanes) is 1. The Kier molecular flexibility index (Phi) is 7.69. The molecule has 0 saturated heterocycles. The third-order valence-electron chi connectivity index (χ3n) is 2.05. The smallest absolute Gasteiger partial charge is 0.222 e. The molecule has 1 atom stereocenters. The van der Waals surface area contributed by atoms with Gasteiger partial charge in [-0.1, -0.05) is 20.3 Å². The number of nitrogens with one attached hydrogen (secondary N) is 1. The van der Waals surface area contributed by atoms with Gasteiger partial charge in [0, 0.05) is 19.1 Å². The van der Waals surface area contributed by atoms with Crippen LogP contribution in [0, 0.1) is 5.92 Å². The molecule has 0 aliphatic heterocycles. The fraction of sp³-hybridized carbons (Fsp3) is 0.900. The van der Waals surface area contributed by atoms with Crippen molar-refractivity contribution >= 4 is 5.91 Å². The second-order valence-electron chi connectivity index (χ2n) is 3.41. The van der Waals surface area contributed by atoms with Crippen molar-refractivity contribution in [3.63, 3.8) is 0 Å². The van der Waals surface area contributed by atoms with Crippen LogP contribution in [0.3, 0.4) is 0 Å². The summed E-state index contributed by atoms with van der Waals surface area (Å²) in [6, 6.07) is 0. The first-order valence-corrected chi connectivity index (χ1v) is 5.11. The lowest BCUT2D eigenvalue weighted by atomic mass is 10.1. The van der Waals surface area contributed by atoms with Crippen LogP contribution in [-0.2, 0) is 4.79 Å². The van der Waals surface area contributed by atoms with Crippen LogP contribution in [0.4, 0.5) is 0 Å². The van der Waals surface area contributed by atoms with Gasteiger partial charge in [-0.2, -0.15) is 0 Å². The quantitative estimate of drug-likeness (QED) is 0.590. The number of hydrogen-bond acceptors (Lipinski definition) is 2. The zero-order valence-corrected chi connectivity index (χ0v) is 8.68. The van der Waals surface area contributed by atoms with Gasteiger partial charge in [-0.25, -0.2) is 0 Å². The van der Waals surface area contributed by atoms with E-state index in [0.29, 0.717) is 6.54 Å². The molecule has 0 rings (SSSR count). The molecule has 0 aromatic rings. The van der Waals surface area contributed by atoms with Crippen LogP contribution in [0.5, 0.6) is 0 Å². The monoisotopic (exact) mass is 187 g/mol. The summed E-state index contributed by atoms with van der Waals surface area (Å²) in [6.07, 6.45) is 3.63. The maximum Gasteiger partial charge on any atom is 0.222 e. The van der Waals surface area contributed by atoms with E-state index in [1.54, 1.807) is 0 Å². The van der Waals surface area contributed by atoms with Crippen LogP contribution in [0.1, 0.15) is 39.5 Å². The van der Waals surface area contributed by atoms with Gasteiger partial charge in [0.2, 0.25) is 5.91 Å². The highest BCUT2D eigenvalue weighted by molar-refractivity contribution is 5.78. The van der Waals surface area contributed by atoms with Crippen molar-refractivity contribution < 1.29 is 9.90 Å². The second-order valence-corrected chi connectivity index (χ2v) is 3.41. The van der Waals surface area contributed by atoms with E-state index in [1.807, 2.05) is 6.92 Å². The van der Waals surface area contributed by atoms with Gasteiger partial charge in [0.15, 0.2) is 0 Å². The maximum absolute atomic E-state index is 11.3. The molecule has 0 bridgehead atoms. The molecule has 0 aliphatic carbocycles. The highest BCUT2D eigenvalue weighted by atomic mass is 16.2. The third-order valence-corrected chi connectivity index (χ3v) is 2.05. The van der Waals surface area contributed by atoms with Crippen molar-refractivity contribution in [3.05, 3.63) is 0 Å². The molecular formula is C10H21NO2. The molecule has 0 aliphatic rings. The standard InChI is InChI=1S/C10H21NO2/c1-3-6-9(2)10(13)11-7-4-5-8-12/h9,12H,3-8H2,1-2H3,(H,11,13). The average molecular weight is 187 g/mol. The van der Waals surface area contributed by atoms with Gasteiger partial charge in [0.25, 0.3) is 0 Å². The highest BCUT2D eigenvalue weighted by Crippen LogP contribution is 2.04. The summed E-state index contributed by atoms with van der Waals surface area (Å²) in [5.41, 5.74) is 0. The molecule has 13 heavy (non-hydrogen) atoms. The van der Waals surface area contributed by atoms with Crippen molar-refractivity contribution in [1.29, 1.82) is 0 Å². The van der Waals surface area contributed by atoms with Crippen LogP contribution < -0.4 is 5.32 Å².